The number of nitrogens with one attached hydrogen (secondary N) is 1. The minimum atomic E-state index is -1.17. The Balaban J connectivity index is 1.62. The smallest absolute Gasteiger partial charge is 0.325 e. The van der Waals surface area contributed by atoms with Gasteiger partial charge in [0.15, 0.2) is 5.76 Å². The maximum Gasteiger partial charge on any atom is 0.325 e. The second kappa shape index (κ2) is 6.96. The van der Waals surface area contributed by atoms with Crippen molar-refractivity contribution in [1.82, 2.24) is 15.4 Å². The third kappa shape index (κ3) is 3.15. The van der Waals surface area contributed by atoms with Crippen LogP contribution in [0.15, 0.2) is 59.3 Å². The Kier molecular flexibility index (Phi) is 4.61. The number of urea groups is 1. The molecule has 2 aromatic carbocycles. The minimum Gasteiger partial charge on any atom is -0.356 e. The first-order valence-corrected chi connectivity index (χ1v) is 9.24. The molecule has 8 heteroatoms. The van der Waals surface area contributed by atoms with Gasteiger partial charge in [0.25, 0.3) is 5.91 Å². The zero-order chi connectivity index (χ0) is 19.9. The summed E-state index contributed by atoms with van der Waals surface area (Å²) in [6, 6.07) is 13.4. The third-order valence-corrected chi connectivity index (χ3v) is 5.28. The minimum absolute atomic E-state index is 0.0370. The van der Waals surface area contributed by atoms with E-state index in [0.717, 1.165) is 10.5 Å². The number of rotatable bonds is 4. The SMILES string of the molecule is C[C@@]1(c2ccc(Cl)cc2)NC(=O)N(Cc2cnoc2-c2ccc(Cl)cc2)C1=O. The van der Waals surface area contributed by atoms with Crippen molar-refractivity contribution in [3.63, 3.8) is 0 Å². The molecule has 6 nitrogen and oxygen atoms in total. The summed E-state index contributed by atoms with van der Waals surface area (Å²) in [4.78, 5) is 26.8. The van der Waals surface area contributed by atoms with E-state index >= 15 is 0 Å². The van der Waals surface area contributed by atoms with Crippen LogP contribution >= 0.6 is 23.2 Å². The lowest BCUT2D eigenvalue weighted by Crippen LogP contribution is -2.40. The van der Waals surface area contributed by atoms with Crippen molar-refractivity contribution in [2.24, 2.45) is 0 Å². The van der Waals surface area contributed by atoms with Crippen LogP contribution in [0.25, 0.3) is 11.3 Å². The average Bonchev–Trinajstić information content (AvgIpc) is 3.22. The summed E-state index contributed by atoms with van der Waals surface area (Å²) in [6.45, 7) is 1.71. The fraction of sp³-hybridized carbons (Fsp3) is 0.150. The van der Waals surface area contributed by atoms with Gasteiger partial charge in [-0.25, -0.2) is 4.79 Å². The molecule has 1 N–H and O–H groups in total. The summed E-state index contributed by atoms with van der Waals surface area (Å²) >= 11 is 11.9. The first-order valence-electron chi connectivity index (χ1n) is 8.48. The number of amides is 3. The molecule has 3 amide bonds. The van der Waals surface area contributed by atoms with Gasteiger partial charge in [-0.3, -0.25) is 9.69 Å². The highest BCUT2D eigenvalue weighted by Gasteiger charge is 2.49. The molecule has 0 saturated carbocycles. The Morgan fingerprint density at radius 1 is 1.04 bits per heavy atom. The van der Waals surface area contributed by atoms with Gasteiger partial charge in [0.05, 0.1) is 12.7 Å². The van der Waals surface area contributed by atoms with Crippen molar-refractivity contribution >= 4 is 35.1 Å². The molecule has 142 valence electrons. The van der Waals surface area contributed by atoms with E-state index in [2.05, 4.69) is 10.5 Å². The first-order chi connectivity index (χ1) is 13.4. The molecule has 0 unspecified atom stereocenters. The van der Waals surface area contributed by atoms with Gasteiger partial charge in [0.2, 0.25) is 0 Å². The molecule has 1 aliphatic heterocycles. The van der Waals surface area contributed by atoms with Crippen LogP contribution in [0.1, 0.15) is 18.1 Å². The van der Waals surface area contributed by atoms with Gasteiger partial charge in [-0.15, -0.1) is 0 Å². The van der Waals surface area contributed by atoms with Gasteiger partial charge in [0, 0.05) is 21.2 Å². The molecular weight excluding hydrogens is 401 g/mol. The first kappa shape index (κ1) is 18.5. The van der Waals surface area contributed by atoms with E-state index in [1.807, 2.05) is 0 Å². The van der Waals surface area contributed by atoms with Crippen LogP contribution < -0.4 is 5.32 Å². The van der Waals surface area contributed by atoms with Gasteiger partial charge in [-0.05, 0) is 48.9 Å². The summed E-state index contributed by atoms with van der Waals surface area (Å²) in [5.41, 5.74) is 0.857. The topological polar surface area (TPSA) is 75.4 Å². The summed E-state index contributed by atoms with van der Waals surface area (Å²) in [7, 11) is 0. The number of aromatic nitrogens is 1. The van der Waals surface area contributed by atoms with E-state index in [0.29, 0.717) is 26.9 Å². The number of hydrogen-bond donors (Lipinski definition) is 1. The van der Waals surface area contributed by atoms with Gasteiger partial charge in [-0.1, -0.05) is 40.5 Å². The highest BCUT2D eigenvalue weighted by atomic mass is 35.5. The zero-order valence-electron chi connectivity index (χ0n) is 14.8. The van der Waals surface area contributed by atoms with Crippen LogP contribution in [0.5, 0.6) is 0 Å². The second-order valence-electron chi connectivity index (χ2n) is 6.64. The lowest BCUT2D eigenvalue weighted by molar-refractivity contribution is -0.131. The molecule has 0 spiro atoms. The summed E-state index contributed by atoms with van der Waals surface area (Å²) in [5.74, 6) is 0.125. The highest BCUT2D eigenvalue weighted by molar-refractivity contribution is 6.30. The molecule has 1 saturated heterocycles. The molecule has 1 fully saturated rings. The highest BCUT2D eigenvalue weighted by Crippen LogP contribution is 2.32. The molecule has 28 heavy (non-hydrogen) atoms. The predicted octanol–water partition coefficient (Wildman–Crippen LogP) is 4.62. The van der Waals surface area contributed by atoms with Gasteiger partial charge in [-0.2, -0.15) is 0 Å². The largest absolute Gasteiger partial charge is 0.356 e. The van der Waals surface area contributed by atoms with E-state index < -0.39 is 11.6 Å². The van der Waals surface area contributed by atoms with Crippen molar-refractivity contribution in [2.45, 2.75) is 19.0 Å². The Morgan fingerprint density at radius 3 is 2.29 bits per heavy atom. The fourth-order valence-electron chi connectivity index (χ4n) is 3.20. The van der Waals surface area contributed by atoms with Gasteiger partial charge in [0.1, 0.15) is 5.54 Å². The second-order valence-corrected chi connectivity index (χ2v) is 7.51. The standard InChI is InChI=1S/C20H15Cl2N3O3/c1-20(14-4-8-16(22)9-5-14)18(26)25(19(27)24-20)11-13-10-23-28-17(13)12-2-6-15(21)7-3-12/h2-10H,11H2,1H3,(H,24,27)/t20-/m0/s1. The predicted molar refractivity (Wildman–Crippen MR) is 105 cm³/mol. The summed E-state index contributed by atoms with van der Waals surface area (Å²) < 4.78 is 5.34. The number of halogens is 2. The van der Waals surface area contributed by atoms with Crippen LogP contribution in [0, 0.1) is 0 Å². The van der Waals surface area contributed by atoms with Crippen molar-refractivity contribution in [2.75, 3.05) is 0 Å². The van der Waals surface area contributed by atoms with E-state index in [1.165, 1.54) is 6.20 Å². The lowest BCUT2D eigenvalue weighted by Gasteiger charge is -2.22. The fourth-order valence-corrected chi connectivity index (χ4v) is 3.45. The quantitative estimate of drug-likeness (QED) is 0.630. The monoisotopic (exact) mass is 415 g/mol. The molecule has 1 aliphatic rings. The molecule has 0 radical (unpaired) electrons. The molecule has 2 heterocycles. The van der Waals surface area contributed by atoms with Crippen molar-refractivity contribution in [1.29, 1.82) is 0 Å². The van der Waals surface area contributed by atoms with Crippen molar-refractivity contribution in [3.8, 4) is 11.3 Å². The summed E-state index contributed by atoms with van der Waals surface area (Å²) in [6.07, 6.45) is 1.50. The van der Waals surface area contributed by atoms with Crippen LogP contribution in [0.2, 0.25) is 10.0 Å². The van der Waals surface area contributed by atoms with E-state index in [9.17, 15) is 9.59 Å². The number of carbonyl (C=O) groups is 2. The average molecular weight is 416 g/mol. The van der Waals surface area contributed by atoms with Crippen LogP contribution in [-0.2, 0) is 16.9 Å². The Labute approximate surface area is 171 Å². The van der Waals surface area contributed by atoms with E-state index in [1.54, 1.807) is 55.5 Å². The van der Waals surface area contributed by atoms with Crippen molar-refractivity contribution in [3.05, 3.63) is 75.9 Å². The zero-order valence-corrected chi connectivity index (χ0v) is 16.3. The van der Waals surface area contributed by atoms with Crippen LogP contribution in [0.4, 0.5) is 4.79 Å². The van der Waals surface area contributed by atoms with Crippen molar-refractivity contribution < 1.29 is 14.1 Å². The molecule has 1 atom stereocenters. The van der Waals surface area contributed by atoms with Gasteiger partial charge < -0.3 is 9.84 Å². The Hall–Kier alpha value is -2.83. The summed E-state index contributed by atoms with van der Waals surface area (Å²) in [5, 5.41) is 7.74. The van der Waals surface area contributed by atoms with Gasteiger partial charge >= 0.3 is 6.03 Å². The maximum atomic E-state index is 13.1. The molecule has 0 bridgehead atoms. The number of imide groups is 1. The van der Waals surface area contributed by atoms with E-state index in [-0.39, 0.29) is 12.5 Å². The Bertz CT molecular complexity index is 1050. The van der Waals surface area contributed by atoms with E-state index in [4.69, 9.17) is 27.7 Å². The number of hydrogen-bond acceptors (Lipinski definition) is 4. The number of benzene rings is 2. The normalized spacial score (nSPS) is 19.2. The maximum absolute atomic E-state index is 13.1. The van der Waals surface area contributed by atoms with Crippen LogP contribution in [-0.4, -0.2) is 22.0 Å². The lowest BCUT2D eigenvalue weighted by atomic mass is 9.92. The van der Waals surface area contributed by atoms with Crippen LogP contribution in [0.3, 0.4) is 0 Å². The molecule has 4 rings (SSSR count). The Morgan fingerprint density at radius 2 is 1.64 bits per heavy atom. The molecule has 0 aliphatic carbocycles. The number of carbonyl (C=O) groups excluding carboxylic acids is 2. The third-order valence-electron chi connectivity index (χ3n) is 4.78. The number of nitrogens with zero attached hydrogens (tertiary/aromatic N) is 2. The molecule has 3 aromatic rings. The molecular formula is C20H15Cl2N3O3. The molecule has 1 aromatic heterocycles.